The average molecular weight is 396 g/mol. The molecule has 1 heterocycles. The fraction of sp³-hybridized carbons (Fsp3) is 0.714. The van der Waals surface area contributed by atoms with Crippen LogP contribution in [0.4, 0.5) is 0 Å². The summed E-state index contributed by atoms with van der Waals surface area (Å²) >= 11 is 1.68. The first-order valence-electron chi connectivity index (χ1n) is 9.86. The van der Waals surface area contributed by atoms with Crippen LogP contribution < -0.4 is 0 Å². The van der Waals surface area contributed by atoms with Crippen molar-refractivity contribution in [3.8, 4) is 11.8 Å². The number of hydrogen-bond donors (Lipinski definition) is 2. The molecule has 5 nitrogen and oxygen atoms in total. The zero-order valence-corrected chi connectivity index (χ0v) is 17.3. The zero-order chi connectivity index (χ0) is 20.1. The van der Waals surface area contributed by atoms with E-state index in [0.717, 1.165) is 30.8 Å². The van der Waals surface area contributed by atoms with Crippen LogP contribution in [0.3, 0.4) is 0 Å². The van der Waals surface area contributed by atoms with Crippen molar-refractivity contribution in [3.63, 3.8) is 0 Å². The number of rotatable bonds is 12. The van der Waals surface area contributed by atoms with E-state index in [0.29, 0.717) is 25.8 Å². The molecular weight excluding hydrogens is 362 g/mol. The zero-order valence-electron chi connectivity index (χ0n) is 16.5. The van der Waals surface area contributed by atoms with Crippen molar-refractivity contribution in [1.29, 1.82) is 0 Å². The van der Waals surface area contributed by atoms with Gasteiger partial charge >= 0.3 is 5.97 Å². The number of carbonyl (C=O) groups excluding carboxylic acids is 1. The number of likely N-dealkylation sites (tertiary alicyclic amines) is 1. The lowest BCUT2D eigenvalue weighted by Crippen LogP contribution is -2.34. The van der Waals surface area contributed by atoms with E-state index < -0.39 is 12.1 Å². The Labute approximate surface area is 167 Å². The van der Waals surface area contributed by atoms with E-state index in [4.69, 9.17) is 5.11 Å². The summed E-state index contributed by atoms with van der Waals surface area (Å²) in [5.74, 6) is 7.28. The summed E-state index contributed by atoms with van der Waals surface area (Å²) in [6.07, 6.45) is 8.02. The molecule has 2 N–H and O–H groups in total. The molecule has 0 saturated carbocycles. The first kappa shape index (κ1) is 23.6. The Morgan fingerprint density at radius 3 is 2.89 bits per heavy atom. The van der Waals surface area contributed by atoms with Gasteiger partial charge in [-0.15, -0.1) is 11.8 Å². The number of aliphatic hydroxyl groups is 1. The maximum absolute atomic E-state index is 12.1. The van der Waals surface area contributed by atoms with Gasteiger partial charge < -0.3 is 15.1 Å². The summed E-state index contributed by atoms with van der Waals surface area (Å²) < 4.78 is 0. The highest BCUT2D eigenvalue weighted by molar-refractivity contribution is 7.99. The van der Waals surface area contributed by atoms with E-state index in [1.807, 2.05) is 24.0 Å². The highest BCUT2D eigenvalue weighted by atomic mass is 32.2. The number of thioether (sulfide) groups is 1. The Hall–Kier alpha value is -1.45. The summed E-state index contributed by atoms with van der Waals surface area (Å²) in [4.78, 5) is 24.5. The van der Waals surface area contributed by atoms with Crippen LogP contribution in [0.1, 0.15) is 58.8 Å². The Bertz CT molecular complexity index is 552. The summed E-state index contributed by atoms with van der Waals surface area (Å²) in [5, 5.41) is 18.9. The third kappa shape index (κ3) is 9.88. The van der Waals surface area contributed by atoms with E-state index in [-0.39, 0.29) is 24.3 Å². The second kappa shape index (κ2) is 13.7. The number of carboxylic acid groups (broad SMARTS) is 1. The predicted octanol–water partition coefficient (Wildman–Crippen LogP) is 3.32. The smallest absolute Gasteiger partial charge is 0.303 e. The van der Waals surface area contributed by atoms with Crippen molar-refractivity contribution < 1.29 is 19.8 Å². The van der Waals surface area contributed by atoms with Gasteiger partial charge in [0.1, 0.15) is 0 Å². The number of aliphatic carboxylic acids is 1. The van der Waals surface area contributed by atoms with Crippen LogP contribution in [-0.4, -0.2) is 57.2 Å². The fourth-order valence-corrected chi connectivity index (χ4v) is 3.71. The van der Waals surface area contributed by atoms with Crippen LogP contribution in [0.15, 0.2) is 12.2 Å². The molecule has 3 atom stereocenters. The second-order valence-corrected chi connectivity index (χ2v) is 8.19. The number of aliphatic hydroxyl groups excluding tert-OH is 1. The lowest BCUT2D eigenvalue weighted by Gasteiger charge is -2.23. The molecule has 27 heavy (non-hydrogen) atoms. The Morgan fingerprint density at radius 2 is 2.19 bits per heavy atom. The summed E-state index contributed by atoms with van der Waals surface area (Å²) in [7, 11) is 0. The van der Waals surface area contributed by atoms with E-state index in [2.05, 4.69) is 18.8 Å². The van der Waals surface area contributed by atoms with Gasteiger partial charge in [-0.1, -0.05) is 26.0 Å². The monoisotopic (exact) mass is 395 g/mol. The van der Waals surface area contributed by atoms with E-state index in [9.17, 15) is 14.7 Å². The molecule has 0 aromatic heterocycles. The van der Waals surface area contributed by atoms with Crippen molar-refractivity contribution in [2.75, 3.05) is 18.1 Å². The standard InChI is InChI=1S/C21H33NO4S/c1-3-4-5-6-8-17(2)19(23)12-10-18-11-13-20(24)22(18)14-16-27-15-7-9-21(25)26/h10,12,17-19,23H,3-4,7-9,11,13-16H2,1-2H3,(H,25,26)/t17-,18?,19+/m0/s1. The number of unbranched alkanes of at least 4 members (excludes halogenated alkanes) is 1. The normalized spacial score (nSPS) is 19.1. The summed E-state index contributed by atoms with van der Waals surface area (Å²) in [5.41, 5.74) is 0. The van der Waals surface area contributed by atoms with Gasteiger partial charge in [0.25, 0.3) is 0 Å². The van der Waals surface area contributed by atoms with Crippen LogP contribution in [-0.2, 0) is 9.59 Å². The SMILES string of the molecule is CCCC#CC[C@H](C)[C@H](O)C=CC1CCC(=O)N1CCSCCCC(=O)O. The number of carboxylic acids is 1. The van der Waals surface area contributed by atoms with Crippen molar-refractivity contribution in [2.45, 2.75) is 70.9 Å². The maximum Gasteiger partial charge on any atom is 0.303 e. The highest BCUT2D eigenvalue weighted by Crippen LogP contribution is 2.21. The molecule has 152 valence electrons. The van der Waals surface area contributed by atoms with Gasteiger partial charge in [-0.2, -0.15) is 11.8 Å². The summed E-state index contributed by atoms with van der Waals surface area (Å²) in [6.45, 7) is 4.75. The second-order valence-electron chi connectivity index (χ2n) is 6.96. The largest absolute Gasteiger partial charge is 0.481 e. The highest BCUT2D eigenvalue weighted by Gasteiger charge is 2.28. The lowest BCUT2D eigenvalue weighted by atomic mass is 10.00. The third-order valence-corrected chi connectivity index (χ3v) is 5.62. The van der Waals surface area contributed by atoms with Gasteiger partial charge in [0.2, 0.25) is 5.91 Å². The number of hydrogen-bond acceptors (Lipinski definition) is 4. The minimum absolute atomic E-state index is 0.0464. The first-order chi connectivity index (χ1) is 13.0. The molecule has 0 aromatic rings. The Morgan fingerprint density at radius 1 is 1.41 bits per heavy atom. The molecule has 6 heteroatoms. The number of amides is 1. The van der Waals surface area contributed by atoms with Crippen LogP contribution in [0, 0.1) is 17.8 Å². The van der Waals surface area contributed by atoms with Crippen molar-refractivity contribution in [1.82, 2.24) is 4.90 Å². The maximum atomic E-state index is 12.1. The van der Waals surface area contributed by atoms with Gasteiger partial charge in [0, 0.05) is 38.0 Å². The van der Waals surface area contributed by atoms with Crippen molar-refractivity contribution in [2.24, 2.45) is 5.92 Å². The van der Waals surface area contributed by atoms with Crippen molar-refractivity contribution in [3.05, 3.63) is 12.2 Å². The molecule has 1 fully saturated rings. The fourth-order valence-electron chi connectivity index (χ4n) is 2.84. The molecule has 0 aliphatic carbocycles. The first-order valence-corrected chi connectivity index (χ1v) is 11.0. The molecule has 1 unspecified atom stereocenters. The molecule has 1 rings (SSSR count). The molecule has 0 bridgehead atoms. The molecule has 1 saturated heterocycles. The molecule has 0 aromatic carbocycles. The van der Waals surface area contributed by atoms with E-state index >= 15 is 0 Å². The quantitative estimate of drug-likeness (QED) is 0.301. The van der Waals surface area contributed by atoms with Gasteiger partial charge in [-0.3, -0.25) is 9.59 Å². The van der Waals surface area contributed by atoms with Gasteiger partial charge in [0.15, 0.2) is 0 Å². The topological polar surface area (TPSA) is 77.8 Å². The van der Waals surface area contributed by atoms with Gasteiger partial charge in [-0.25, -0.2) is 0 Å². The minimum Gasteiger partial charge on any atom is -0.481 e. The number of nitrogens with zero attached hydrogens (tertiary/aromatic N) is 1. The minimum atomic E-state index is -0.764. The molecular formula is C21H33NO4S. The van der Waals surface area contributed by atoms with Gasteiger partial charge in [-0.05, 0) is 30.9 Å². The van der Waals surface area contributed by atoms with E-state index in [1.165, 1.54) is 0 Å². The number of carbonyl (C=O) groups is 2. The van der Waals surface area contributed by atoms with Crippen LogP contribution in [0.5, 0.6) is 0 Å². The van der Waals surface area contributed by atoms with Crippen LogP contribution >= 0.6 is 11.8 Å². The van der Waals surface area contributed by atoms with Crippen LogP contribution in [0.2, 0.25) is 0 Å². The predicted molar refractivity (Wildman–Crippen MR) is 111 cm³/mol. The Kier molecular flexibility index (Phi) is 12.0. The third-order valence-electron chi connectivity index (χ3n) is 4.57. The lowest BCUT2D eigenvalue weighted by molar-refractivity contribution is -0.137. The van der Waals surface area contributed by atoms with E-state index in [1.54, 1.807) is 11.8 Å². The van der Waals surface area contributed by atoms with Gasteiger partial charge in [0.05, 0.1) is 12.1 Å². The molecule has 1 amide bonds. The molecule has 1 aliphatic rings. The molecule has 1 aliphatic heterocycles. The Balaban J connectivity index is 2.38. The molecule has 0 spiro atoms. The van der Waals surface area contributed by atoms with Crippen LogP contribution in [0.25, 0.3) is 0 Å². The van der Waals surface area contributed by atoms with Crippen molar-refractivity contribution >= 4 is 23.6 Å². The average Bonchev–Trinajstić information content (AvgIpc) is 2.99. The summed E-state index contributed by atoms with van der Waals surface area (Å²) in [6, 6.07) is 0.0464. The molecule has 0 radical (unpaired) electrons.